The standard InChI is InChI=1S/C10H13BrN2O/c1-7-4-5-8(9(11)6-7)10(14)12-13(2)3/h4-6H,1-3H3,(H,12,14). The van der Waals surface area contributed by atoms with Crippen LogP contribution in [-0.2, 0) is 0 Å². The van der Waals surface area contributed by atoms with E-state index in [2.05, 4.69) is 21.4 Å². The Labute approximate surface area is 92.2 Å². The highest BCUT2D eigenvalue weighted by molar-refractivity contribution is 9.10. The Bertz CT molecular complexity index is 350. The normalized spacial score (nSPS) is 10.4. The van der Waals surface area contributed by atoms with Gasteiger partial charge >= 0.3 is 0 Å². The Hall–Kier alpha value is -0.870. The van der Waals surface area contributed by atoms with Crippen molar-refractivity contribution in [1.29, 1.82) is 0 Å². The summed E-state index contributed by atoms with van der Waals surface area (Å²) in [7, 11) is 3.56. The van der Waals surface area contributed by atoms with Crippen LogP contribution in [0, 0.1) is 6.92 Å². The summed E-state index contributed by atoms with van der Waals surface area (Å²) in [6, 6.07) is 5.64. The van der Waals surface area contributed by atoms with Crippen LogP contribution >= 0.6 is 15.9 Å². The molecule has 0 bridgehead atoms. The van der Waals surface area contributed by atoms with Crippen LogP contribution in [0.5, 0.6) is 0 Å². The van der Waals surface area contributed by atoms with E-state index in [1.165, 1.54) is 0 Å². The number of hydrogen-bond donors (Lipinski definition) is 1. The van der Waals surface area contributed by atoms with E-state index in [0.717, 1.165) is 10.0 Å². The molecule has 1 aromatic rings. The number of hydrazine groups is 1. The van der Waals surface area contributed by atoms with Crippen molar-refractivity contribution in [2.45, 2.75) is 6.92 Å². The Morgan fingerprint density at radius 2 is 2.07 bits per heavy atom. The number of nitrogens with zero attached hydrogens (tertiary/aromatic N) is 1. The van der Waals surface area contributed by atoms with E-state index in [4.69, 9.17) is 0 Å². The van der Waals surface area contributed by atoms with Gasteiger partial charge in [0.2, 0.25) is 0 Å². The van der Waals surface area contributed by atoms with Crippen LogP contribution < -0.4 is 5.43 Å². The molecule has 0 saturated carbocycles. The van der Waals surface area contributed by atoms with Crippen molar-refractivity contribution in [2.24, 2.45) is 0 Å². The summed E-state index contributed by atoms with van der Waals surface area (Å²) in [5, 5.41) is 1.62. The Kier molecular flexibility index (Phi) is 3.66. The van der Waals surface area contributed by atoms with Crippen LogP contribution in [0.1, 0.15) is 15.9 Å². The highest BCUT2D eigenvalue weighted by atomic mass is 79.9. The summed E-state index contributed by atoms with van der Waals surface area (Å²) in [4.78, 5) is 11.6. The predicted octanol–water partition coefficient (Wildman–Crippen LogP) is 1.96. The van der Waals surface area contributed by atoms with E-state index in [1.807, 2.05) is 19.1 Å². The summed E-state index contributed by atoms with van der Waals surface area (Å²) in [5.41, 5.74) is 4.45. The third-order valence-corrected chi connectivity index (χ3v) is 2.35. The highest BCUT2D eigenvalue weighted by Gasteiger charge is 2.09. The van der Waals surface area contributed by atoms with Gasteiger partial charge in [0.15, 0.2) is 0 Å². The Balaban J connectivity index is 2.90. The first-order chi connectivity index (χ1) is 6.50. The fourth-order valence-electron chi connectivity index (χ4n) is 1.07. The summed E-state index contributed by atoms with van der Waals surface area (Å²) >= 11 is 3.36. The molecule has 0 aromatic heterocycles. The maximum atomic E-state index is 11.6. The summed E-state index contributed by atoms with van der Waals surface area (Å²) < 4.78 is 0.817. The summed E-state index contributed by atoms with van der Waals surface area (Å²) in [6.45, 7) is 1.98. The van der Waals surface area contributed by atoms with Crippen molar-refractivity contribution in [1.82, 2.24) is 10.4 Å². The van der Waals surface area contributed by atoms with Gasteiger partial charge in [-0.2, -0.15) is 0 Å². The monoisotopic (exact) mass is 256 g/mol. The second-order valence-electron chi connectivity index (χ2n) is 3.32. The highest BCUT2D eigenvalue weighted by Crippen LogP contribution is 2.18. The second-order valence-corrected chi connectivity index (χ2v) is 4.17. The third-order valence-electron chi connectivity index (χ3n) is 1.69. The number of rotatable bonds is 2. The van der Waals surface area contributed by atoms with Crippen molar-refractivity contribution in [3.63, 3.8) is 0 Å². The van der Waals surface area contributed by atoms with Crippen molar-refractivity contribution >= 4 is 21.8 Å². The van der Waals surface area contributed by atoms with Gasteiger partial charge in [0.05, 0.1) is 5.56 Å². The van der Waals surface area contributed by atoms with Gasteiger partial charge in [0.1, 0.15) is 0 Å². The summed E-state index contributed by atoms with van der Waals surface area (Å²) in [5.74, 6) is -0.109. The number of benzene rings is 1. The van der Waals surface area contributed by atoms with E-state index in [9.17, 15) is 4.79 Å². The molecular weight excluding hydrogens is 244 g/mol. The fraction of sp³-hybridized carbons (Fsp3) is 0.300. The van der Waals surface area contributed by atoms with Crippen LogP contribution in [0.2, 0.25) is 0 Å². The molecule has 0 heterocycles. The first-order valence-electron chi connectivity index (χ1n) is 4.25. The maximum absolute atomic E-state index is 11.6. The lowest BCUT2D eigenvalue weighted by Gasteiger charge is -2.12. The van der Waals surface area contributed by atoms with Gasteiger partial charge in [0.25, 0.3) is 5.91 Å². The minimum absolute atomic E-state index is 0.109. The van der Waals surface area contributed by atoms with Gasteiger partial charge in [-0.1, -0.05) is 6.07 Å². The molecule has 0 aliphatic heterocycles. The first kappa shape index (κ1) is 11.2. The van der Waals surface area contributed by atoms with Gasteiger partial charge in [-0.05, 0) is 40.5 Å². The van der Waals surface area contributed by atoms with Crippen LogP contribution in [0.3, 0.4) is 0 Å². The maximum Gasteiger partial charge on any atom is 0.266 e. The van der Waals surface area contributed by atoms with Crippen LogP contribution in [0.4, 0.5) is 0 Å². The van der Waals surface area contributed by atoms with Crippen molar-refractivity contribution < 1.29 is 4.79 Å². The van der Waals surface area contributed by atoms with Gasteiger partial charge < -0.3 is 0 Å². The van der Waals surface area contributed by atoms with Gasteiger partial charge in [0, 0.05) is 18.6 Å². The molecule has 76 valence electrons. The fourth-order valence-corrected chi connectivity index (χ4v) is 1.74. The molecule has 0 radical (unpaired) electrons. The minimum atomic E-state index is -0.109. The molecule has 1 aromatic carbocycles. The molecule has 3 nitrogen and oxygen atoms in total. The Morgan fingerprint density at radius 1 is 1.43 bits per heavy atom. The number of carbonyl (C=O) groups excluding carboxylic acids is 1. The van der Waals surface area contributed by atoms with Gasteiger partial charge in [-0.25, -0.2) is 5.01 Å². The molecule has 4 heteroatoms. The molecule has 1 amide bonds. The average molecular weight is 257 g/mol. The number of halogens is 1. The number of hydrogen-bond acceptors (Lipinski definition) is 2. The molecule has 0 fully saturated rings. The van der Waals surface area contributed by atoms with Crippen LogP contribution in [0.25, 0.3) is 0 Å². The molecule has 0 saturated heterocycles. The molecule has 0 unspecified atom stereocenters. The van der Waals surface area contributed by atoms with Crippen LogP contribution in [0.15, 0.2) is 22.7 Å². The largest absolute Gasteiger partial charge is 0.285 e. The van der Waals surface area contributed by atoms with E-state index in [0.29, 0.717) is 5.56 Å². The van der Waals surface area contributed by atoms with Crippen LogP contribution in [-0.4, -0.2) is 25.0 Å². The molecule has 0 aliphatic carbocycles. The quantitative estimate of drug-likeness (QED) is 0.821. The van der Waals surface area contributed by atoms with Gasteiger partial charge in [-0.3, -0.25) is 10.2 Å². The second kappa shape index (κ2) is 4.57. The summed E-state index contributed by atoms with van der Waals surface area (Å²) in [6.07, 6.45) is 0. The van der Waals surface area contributed by atoms with Crippen molar-refractivity contribution in [3.8, 4) is 0 Å². The first-order valence-corrected chi connectivity index (χ1v) is 5.04. The molecule has 0 aliphatic rings. The van der Waals surface area contributed by atoms with Crippen molar-refractivity contribution in [2.75, 3.05) is 14.1 Å². The minimum Gasteiger partial charge on any atom is -0.285 e. The zero-order valence-electron chi connectivity index (χ0n) is 8.47. The lowest BCUT2D eigenvalue weighted by molar-refractivity contribution is 0.0856. The van der Waals surface area contributed by atoms with E-state index >= 15 is 0 Å². The number of amides is 1. The van der Waals surface area contributed by atoms with Crippen molar-refractivity contribution in [3.05, 3.63) is 33.8 Å². The number of nitrogens with one attached hydrogen (secondary N) is 1. The number of carbonyl (C=O) groups is 1. The lowest BCUT2D eigenvalue weighted by Crippen LogP contribution is -2.36. The average Bonchev–Trinajstić information content (AvgIpc) is 2.01. The third kappa shape index (κ3) is 2.82. The smallest absolute Gasteiger partial charge is 0.266 e. The molecule has 14 heavy (non-hydrogen) atoms. The van der Waals surface area contributed by atoms with E-state index in [1.54, 1.807) is 25.2 Å². The topological polar surface area (TPSA) is 32.3 Å². The molecule has 1 N–H and O–H groups in total. The molecule has 0 atom stereocenters. The number of aryl methyl sites for hydroxylation is 1. The Morgan fingerprint density at radius 3 is 2.57 bits per heavy atom. The SMILES string of the molecule is Cc1ccc(C(=O)NN(C)C)c(Br)c1. The molecular formula is C10H13BrN2O. The lowest BCUT2D eigenvalue weighted by atomic mass is 10.1. The molecule has 0 spiro atoms. The zero-order chi connectivity index (χ0) is 10.7. The predicted molar refractivity (Wildman–Crippen MR) is 60.0 cm³/mol. The van der Waals surface area contributed by atoms with E-state index < -0.39 is 0 Å². The van der Waals surface area contributed by atoms with E-state index in [-0.39, 0.29) is 5.91 Å². The van der Waals surface area contributed by atoms with Gasteiger partial charge in [-0.15, -0.1) is 0 Å². The zero-order valence-corrected chi connectivity index (χ0v) is 10.1. The molecule has 1 rings (SSSR count).